The van der Waals surface area contributed by atoms with Crippen molar-refractivity contribution >= 4 is 17.7 Å². The van der Waals surface area contributed by atoms with Gasteiger partial charge in [-0.3, -0.25) is 4.79 Å². The minimum absolute atomic E-state index is 0.167. The van der Waals surface area contributed by atoms with Crippen LogP contribution in [0.1, 0.15) is 42.0 Å². The molecule has 0 aliphatic rings. The molecule has 31 heavy (non-hydrogen) atoms. The topological polar surface area (TPSA) is 47.6 Å². The van der Waals surface area contributed by atoms with E-state index in [9.17, 15) is 4.79 Å². The van der Waals surface area contributed by atoms with Crippen molar-refractivity contribution in [2.24, 2.45) is 0 Å². The average molecular weight is 416 g/mol. The van der Waals surface area contributed by atoms with Gasteiger partial charge in [-0.1, -0.05) is 68.4 Å². The van der Waals surface area contributed by atoms with Gasteiger partial charge in [-0.25, -0.2) is 0 Å². The molecule has 0 spiro atoms. The van der Waals surface area contributed by atoms with E-state index in [1.165, 1.54) is 6.08 Å². The summed E-state index contributed by atoms with van der Waals surface area (Å²) in [6, 6.07) is 21.7. The van der Waals surface area contributed by atoms with Crippen molar-refractivity contribution in [3.63, 3.8) is 0 Å². The summed E-state index contributed by atoms with van der Waals surface area (Å²) in [7, 11) is 1.61. The molecule has 4 heteroatoms. The van der Waals surface area contributed by atoms with Crippen molar-refractivity contribution in [1.29, 1.82) is 0 Å². The average Bonchev–Trinajstić information content (AvgIpc) is 2.78. The minimum Gasteiger partial charge on any atom is -0.493 e. The second-order valence-electron chi connectivity index (χ2n) is 7.70. The number of carbonyl (C=O) groups excluding carboxylic acids is 1. The van der Waals surface area contributed by atoms with Crippen molar-refractivity contribution in [2.45, 2.75) is 33.3 Å². The molecule has 0 aromatic heterocycles. The van der Waals surface area contributed by atoms with Crippen LogP contribution in [0.15, 0.2) is 72.8 Å². The summed E-state index contributed by atoms with van der Waals surface area (Å²) in [5, 5.41) is 3.03. The van der Waals surface area contributed by atoms with E-state index in [0.717, 1.165) is 27.9 Å². The van der Waals surface area contributed by atoms with Crippen molar-refractivity contribution in [1.82, 2.24) is 0 Å². The van der Waals surface area contributed by atoms with Gasteiger partial charge in [0, 0.05) is 11.8 Å². The van der Waals surface area contributed by atoms with E-state index < -0.39 is 0 Å². The number of amides is 1. The summed E-state index contributed by atoms with van der Waals surface area (Å²) in [5.41, 5.74) is 5.00. The molecule has 160 valence electrons. The Labute approximate surface area is 184 Å². The molecule has 0 saturated carbocycles. The van der Waals surface area contributed by atoms with Gasteiger partial charge in [-0.05, 0) is 53.3 Å². The number of para-hydroxylation sites is 1. The normalized spacial score (nSPS) is 11.0. The fourth-order valence-electron chi connectivity index (χ4n) is 3.32. The molecule has 0 heterocycles. The third-order valence-corrected chi connectivity index (χ3v) is 5.03. The van der Waals surface area contributed by atoms with Crippen LogP contribution in [-0.2, 0) is 11.4 Å². The molecule has 1 amide bonds. The van der Waals surface area contributed by atoms with Gasteiger partial charge in [0.1, 0.15) is 6.61 Å². The van der Waals surface area contributed by atoms with E-state index in [0.29, 0.717) is 24.0 Å². The van der Waals surface area contributed by atoms with Gasteiger partial charge in [0.2, 0.25) is 5.91 Å². The van der Waals surface area contributed by atoms with Crippen molar-refractivity contribution in [2.75, 3.05) is 12.4 Å². The molecule has 3 aromatic rings. The SMILES string of the molecule is COc1cc(C=CC(=O)Nc2c(C)cccc2C(C)C)ccc1OCc1ccccc1. The molecule has 3 rings (SSSR count). The quantitative estimate of drug-likeness (QED) is 0.436. The number of hydrogen-bond donors (Lipinski definition) is 1. The molecule has 0 saturated heterocycles. The Morgan fingerprint density at radius 2 is 1.77 bits per heavy atom. The first kappa shape index (κ1) is 22.2. The van der Waals surface area contributed by atoms with E-state index in [1.807, 2.05) is 67.6 Å². The van der Waals surface area contributed by atoms with Gasteiger partial charge in [0.15, 0.2) is 11.5 Å². The molecule has 3 aromatic carbocycles. The van der Waals surface area contributed by atoms with E-state index >= 15 is 0 Å². The lowest BCUT2D eigenvalue weighted by atomic mass is 9.98. The second kappa shape index (κ2) is 10.5. The highest BCUT2D eigenvalue weighted by atomic mass is 16.5. The number of methoxy groups -OCH3 is 1. The summed E-state index contributed by atoms with van der Waals surface area (Å²) in [4.78, 5) is 12.5. The third-order valence-electron chi connectivity index (χ3n) is 5.03. The molecule has 0 aliphatic heterocycles. The maximum Gasteiger partial charge on any atom is 0.248 e. The van der Waals surface area contributed by atoms with Crippen LogP contribution in [0, 0.1) is 6.92 Å². The molecule has 0 radical (unpaired) electrons. The zero-order valence-electron chi connectivity index (χ0n) is 18.5. The van der Waals surface area contributed by atoms with Crippen molar-refractivity contribution in [3.05, 3.63) is 95.1 Å². The van der Waals surface area contributed by atoms with E-state index in [1.54, 1.807) is 13.2 Å². The highest BCUT2D eigenvalue weighted by Crippen LogP contribution is 2.30. The fourth-order valence-corrected chi connectivity index (χ4v) is 3.32. The van der Waals surface area contributed by atoms with Gasteiger partial charge in [0.05, 0.1) is 7.11 Å². The van der Waals surface area contributed by atoms with Gasteiger partial charge in [-0.15, -0.1) is 0 Å². The first-order valence-electron chi connectivity index (χ1n) is 10.4. The van der Waals surface area contributed by atoms with Gasteiger partial charge >= 0.3 is 0 Å². The van der Waals surface area contributed by atoms with E-state index in [2.05, 4.69) is 25.2 Å². The number of aryl methyl sites for hydroxylation is 1. The number of nitrogens with one attached hydrogen (secondary N) is 1. The maximum atomic E-state index is 12.5. The zero-order valence-corrected chi connectivity index (χ0v) is 18.5. The Morgan fingerprint density at radius 1 is 1.00 bits per heavy atom. The monoisotopic (exact) mass is 415 g/mol. The summed E-state index contributed by atoms with van der Waals surface area (Å²) >= 11 is 0. The Kier molecular flexibility index (Phi) is 7.50. The Balaban J connectivity index is 1.69. The molecule has 1 N–H and O–H groups in total. The van der Waals surface area contributed by atoms with Gasteiger partial charge in [0.25, 0.3) is 0 Å². The Bertz CT molecular complexity index is 1060. The van der Waals surface area contributed by atoms with Crippen LogP contribution in [0.25, 0.3) is 6.08 Å². The lowest BCUT2D eigenvalue weighted by Gasteiger charge is -2.15. The predicted octanol–water partition coefficient (Wildman–Crippen LogP) is 6.36. The molecule has 0 aliphatic carbocycles. The van der Waals surface area contributed by atoms with Crippen LogP contribution in [-0.4, -0.2) is 13.0 Å². The number of ether oxygens (including phenoxy) is 2. The smallest absolute Gasteiger partial charge is 0.248 e. The first-order chi connectivity index (χ1) is 15.0. The first-order valence-corrected chi connectivity index (χ1v) is 10.4. The van der Waals surface area contributed by atoms with E-state index in [-0.39, 0.29) is 5.91 Å². The lowest BCUT2D eigenvalue weighted by molar-refractivity contribution is -0.111. The van der Waals surface area contributed by atoms with Gasteiger partial charge < -0.3 is 14.8 Å². The van der Waals surface area contributed by atoms with Gasteiger partial charge in [-0.2, -0.15) is 0 Å². The molecule has 0 atom stereocenters. The lowest BCUT2D eigenvalue weighted by Crippen LogP contribution is -2.11. The highest BCUT2D eigenvalue weighted by Gasteiger charge is 2.11. The minimum atomic E-state index is -0.167. The van der Waals surface area contributed by atoms with Crippen LogP contribution in [0.4, 0.5) is 5.69 Å². The molecule has 0 bridgehead atoms. The summed E-state index contributed by atoms with van der Waals surface area (Å²) in [5.74, 6) is 1.44. The zero-order chi connectivity index (χ0) is 22.2. The number of hydrogen-bond acceptors (Lipinski definition) is 3. The van der Waals surface area contributed by atoms with Crippen LogP contribution in [0.2, 0.25) is 0 Å². The predicted molar refractivity (Wildman–Crippen MR) is 127 cm³/mol. The van der Waals surface area contributed by atoms with Crippen molar-refractivity contribution in [3.8, 4) is 11.5 Å². The van der Waals surface area contributed by atoms with Crippen LogP contribution in [0.3, 0.4) is 0 Å². The molecular formula is C27H29NO3. The molecule has 4 nitrogen and oxygen atoms in total. The summed E-state index contributed by atoms with van der Waals surface area (Å²) in [6.07, 6.45) is 3.31. The second-order valence-corrected chi connectivity index (χ2v) is 7.70. The maximum absolute atomic E-state index is 12.5. The molecule has 0 fully saturated rings. The Hall–Kier alpha value is -3.53. The Morgan fingerprint density at radius 3 is 2.48 bits per heavy atom. The number of anilines is 1. The standard InChI is InChI=1S/C27H29NO3/c1-19(2)23-12-8-9-20(3)27(23)28-26(29)16-14-21-13-15-24(25(17-21)30-4)31-18-22-10-6-5-7-11-22/h5-17,19H,18H2,1-4H3,(H,28,29). The largest absolute Gasteiger partial charge is 0.493 e. The van der Waals surface area contributed by atoms with Crippen LogP contribution in [0.5, 0.6) is 11.5 Å². The van der Waals surface area contributed by atoms with Crippen molar-refractivity contribution < 1.29 is 14.3 Å². The third kappa shape index (κ3) is 5.98. The fraction of sp³-hybridized carbons (Fsp3) is 0.222. The number of benzene rings is 3. The van der Waals surface area contributed by atoms with Crippen LogP contribution < -0.4 is 14.8 Å². The summed E-state index contributed by atoms with van der Waals surface area (Å²) in [6.45, 7) is 6.70. The van der Waals surface area contributed by atoms with Crippen LogP contribution >= 0.6 is 0 Å². The number of rotatable bonds is 8. The highest BCUT2D eigenvalue weighted by molar-refractivity contribution is 6.02. The molecular weight excluding hydrogens is 386 g/mol. The molecule has 0 unspecified atom stereocenters. The summed E-state index contributed by atoms with van der Waals surface area (Å²) < 4.78 is 11.4. The number of carbonyl (C=O) groups is 1. The van der Waals surface area contributed by atoms with E-state index in [4.69, 9.17) is 9.47 Å².